The third-order valence-electron chi connectivity index (χ3n) is 2.57. The van der Waals surface area contributed by atoms with Gasteiger partial charge in [0.15, 0.2) is 0 Å². The molecule has 2 aliphatic carbocycles. The molecule has 0 bridgehead atoms. The molecule has 0 amide bonds. The van der Waals surface area contributed by atoms with Gasteiger partial charge in [0.25, 0.3) is 0 Å². The van der Waals surface area contributed by atoms with E-state index in [2.05, 4.69) is 11.1 Å². The molecule has 0 atom stereocenters. The van der Waals surface area contributed by atoms with Gasteiger partial charge in [0, 0.05) is 10.8 Å². The summed E-state index contributed by atoms with van der Waals surface area (Å²) < 4.78 is 0. The van der Waals surface area contributed by atoms with E-state index in [1.54, 1.807) is 11.8 Å². The van der Waals surface area contributed by atoms with E-state index in [-0.39, 0.29) is 17.1 Å². The van der Waals surface area contributed by atoms with Crippen LogP contribution >= 0.6 is 11.8 Å². The van der Waals surface area contributed by atoms with Crippen LogP contribution in [-0.2, 0) is 17.1 Å². The van der Waals surface area contributed by atoms with Crippen LogP contribution in [0.15, 0.2) is 17.0 Å². The molecule has 0 aliphatic heterocycles. The van der Waals surface area contributed by atoms with E-state index in [4.69, 9.17) is 5.73 Å². The van der Waals surface area contributed by atoms with Crippen molar-refractivity contribution in [2.45, 2.75) is 4.90 Å². The molecule has 2 saturated carbocycles. The minimum Gasteiger partial charge on any atom is -0.384 e. The number of hydrogen-bond donors (Lipinski definition) is 1. The number of rotatable bonds is 2. The molecule has 102 valence electrons. The van der Waals surface area contributed by atoms with Crippen molar-refractivity contribution >= 4 is 17.6 Å². The van der Waals surface area contributed by atoms with Gasteiger partial charge >= 0.3 is 17.1 Å². The predicted molar refractivity (Wildman–Crippen MR) is 81.5 cm³/mol. The Kier molecular flexibility index (Phi) is 8.67. The van der Waals surface area contributed by atoms with Crippen LogP contribution in [0.3, 0.4) is 0 Å². The predicted octanol–water partition coefficient (Wildman–Crippen LogP) is 3.16. The fourth-order valence-corrected chi connectivity index (χ4v) is 2.13. The molecule has 0 unspecified atom stereocenters. The van der Waals surface area contributed by atoms with Crippen molar-refractivity contribution < 1.29 is 17.1 Å². The smallest absolute Gasteiger partial charge is 0.384 e. The van der Waals surface area contributed by atoms with Gasteiger partial charge in [-0.1, -0.05) is 0 Å². The molecule has 2 nitrogen and oxygen atoms in total. The van der Waals surface area contributed by atoms with Gasteiger partial charge < -0.3 is 5.73 Å². The maximum Gasteiger partial charge on any atom is 2.00 e. The fourth-order valence-electron chi connectivity index (χ4n) is 1.66. The summed E-state index contributed by atoms with van der Waals surface area (Å²) in [4.78, 5) is 5.44. The number of anilines is 1. The minimum absolute atomic E-state index is 0. The average molecular weight is 324 g/mol. The van der Waals surface area contributed by atoms with Gasteiger partial charge in [0.05, 0.1) is 5.69 Å². The number of nitrogens with two attached hydrogens (primary N) is 1. The second kappa shape index (κ2) is 9.70. The summed E-state index contributed by atoms with van der Waals surface area (Å²) in [7, 11) is 0. The molecule has 0 saturated heterocycles. The number of aromatic nitrogens is 1. The van der Waals surface area contributed by atoms with Gasteiger partial charge in [-0.25, -0.2) is 4.98 Å². The Hall–Kier alpha value is -0.181. The summed E-state index contributed by atoms with van der Waals surface area (Å²) >= 11 is 1.67. The first-order chi connectivity index (χ1) is 9.29. The number of nitrogens with zero attached hydrogens (tertiary/aromatic N) is 1. The second-order valence-electron chi connectivity index (χ2n) is 3.95. The average Bonchev–Trinajstić information content (AvgIpc) is 3.13. The molecular formula is C16H16FeN2S+2. The van der Waals surface area contributed by atoms with Crippen molar-refractivity contribution in [3.05, 3.63) is 81.5 Å². The van der Waals surface area contributed by atoms with E-state index in [1.807, 2.05) is 70.1 Å². The number of hydrogen-bond acceptors (Lipinski definition) is 3. The molecule has 10 radical (unpaired) electrons. The van der Waals surface area contributed by atoms with E-state index in [9.17, 15) is 0 Å². The summed E-state index contributed by atoms with van der Waals surface area (Å²) in [5.74, 6) is 1.70. The zero-order chi connectivity index (χ0) is 13.5. The number of thioether (sulfide) groups is 1. The van der Waals surface area contributed by atoms with Crippen molar-refractivity contribution in [2.24, 2.45) is 0 Å². The Morgan fingerprint density at radius 2 is 1.45 bits per heavy atom. The van der Waals surface area contributed by atoms with Gasteiger partial charge in [0.2, 0.25) is 0 Å². The van der Waals surface area contributed by atoms with Crippen LogP contribution in [0.25, 0.3) is 0 Å². The quantitative estimate of drug-likeness (QED) is 0.671. The molecule has 0 aromatic carbocycles. The van der Waals surface area contributed by atoms with E-state index >= 15 is 0 Å². The summed E-state index contributed by atoms with van der Waals surface area (Å²) in [6.45, 7) is 0. The first-order valence-electron chi connectivity index (χ1n) is 6.00. The molecule has 0 spiro atoms. The number of nitrogen functional groups attached to an aromatic ring is 1. The third-order valence-corrected chi connectivity index (χ3v) is 3.28. The largest absolute Gasteiger partial charge is 2.00 e. The van der Waals surface area contributed by atoms with Crippen molar-refractivity contribution in [2.75, 3.05) is 12.0 Å². The minimum atomic E-state index is 0. The first-order valence-corrected chi connectivity index (χ1v) is 7.22. The monoisotopic (exact) mass is 324 g/mol. The van der Waals surface area contributed by atoms with Crippen LogP contribution in [0.4, 0.5) is 5.82 Å². The van der Waals surface area contributed by atoms with Crippen molar-refractivity contribution in [1.82, 2.24) is 4.98 Å². The van der Waals surface area contributed by atoms with Crippen LogP contribution in [-0.4, -0.2) is 11.2 Å². The molecule has 3 rings (SSSR count). The Bertz CT molecular complexity index is 380. The molecule has 1 heterocycles. The molecular weight excluding hydrogens is 308 g/mol. The second-order valence-corrected chi connectivity index (χ2v) is 4.83. The van der Waals surface area contributed by atoms with Gasteiger partial charge in [0.1, 0.15) is 5.82 Å². The SMILES string of the molecule is CSc1cc(N)nc([C]2[CH][CH][CH][CH]2)c1.[CH]1[CH][CH][CH][CH]1.[Fe+2]. The van der Waals surface area contributed by atoms with E-state index in [1.165, 1.54) is 0 Å². The Morgan fingerprint density at radius 3 is 1.95 bits per heavy atom. The molecule has 1 aromatic rings. The summed E-state index contributed by atoms with van der Waals surface area (Å²) in [6.07, 6.45) is 20.1. The molecule has 2 N–H and O–H groups in total. The molecule has 4 heteroatoms. The maximum atomic E-state index is 5.72. The van der Waals surface area contributed by atoms with Crippen LogP contribution in [0.2, 0.25) is 0 Å². The maximum absolute atomic E-state index is 5.72. The van der Waals surface area contributed by atoms with Gasteiger partial charge in [-0.05, 0) is 76.2 Å². The topological polar surface area (TPSA) is 38.9 Å². The first kappa shape index (κ1) is 17.9. The Labute approximate surface area is 138 Å². The standard InChI is InChI=1S/C11H11N2S.C5H5.Fe/c1-14-9-6-10(13-11(12)7-9)8-4-2-3-5-8;1-2-4-5-3-1;/h2-7H,1H3,(H2,12,13);1-5H;/q;;+2. The van der Waals surface area contributed by atoms with Crippen LogP contribution in [0, 0.1) is 63.7 Å². The van der Waals surface area contributed by atoms with Crippen molar-refractivity contribution in [1.29, 1.82) is 0 Å². The van der Waals surface area contributed by atoms with E-state index in [0.717, 1.165) is 16.5 Å². The van der Waals surface area contributed by atoms with Crippen molar-refractivity contribution in [3.63, 3.8) is 0 Å². The summed E-state index contributed by atoms with van der Waals surface area (Å²) in [5.41, 5.74) is 6.66. The van der Waals surface area contributed by atoms with Crippen LogP contribution in [0.5, 0.6) is 0 Å². The molecule has 2 fully saturated rings. The van der Waals surface area contributed by atoms with Gasteiger partial charge in [-0.3, -0.25) is 0 Å². The molecule has 1 aromatic heterocycles. The fraction of sp³-hybridized carbons (Fsp3) is 0.0625. The third kappa shape index (κ3) is 5.67. The van der Waals surface area contributed by atoms with Crippen LogP contribution < -0.4 is 5.73 Å². The summed E-state index contributed by atoms with van der Waals surface area (Å²) in [6, 6.07) is 3.94. The Balaban J connectivity index is 0.000000283. The summed E-state index contributed by atoms with van der Waals surface area (Å²) in [5, 5.41) is 0. The normalized spacial score (nSPS) is 18.2. The van der Waals surface area contributed by atoms with Gasteiger partial charge in [-0.15, -0.1) is 11.8 Å². The van der Waals surface area contributed by atoms with Crippen molar-refractivity contribution in [3.8, 4) is 0 Å². The van der Waals surface area contributed by atoms with E-state index < -0.39 is 0 Å². The Morgan fingerprint density at radius 1 is 0.900 bits per heavy atom. The molecule has 2 aliphatic rings. The molecule has 20 heavy (non-hydrogen) atoms. The van der Waals surface area contributed by atoms with Crippen LogP contribution in [0.1, 0.15) is 5.69 Å². The zero-order valence-corrected chi connectivity index (χ0v) is 13.1. The van der Waals surface area contributed by atoms with E-state index in [0.29, 0.717) is 5.82 Å². The van der Waals surface area contributed by atoms with Gasteiger partial charge in [-0.2, -0.15) is 0 Å². The number of pyridine rings is 1. The zero-order valence-electron chi connectivity index (χ0n) is 11.1.